The Labute approximate surface area is 121 Å². The highest BCUT2D eigenvalue weighted by Gasteiger charge is 2.30. The first-order valence-corrected chi connectivity index (χ1v) is 6.94. The second-order valence-electron chi connectivity index (χ2n) is 5.36. The van der Waals surface area contributed by atoms with E-state index >= 15 is 0 Å². The first-order chi connectivity index (χ1) is 9.97. The van der Waals surface area contributed by atoms with Crippen molar-refractivity contribution in [3.05, 3.63) is 59.2 Å². The first-order valence-electron chi connectivity index (χ1n) is 6.94. The molecule has 0 spiro atoms. The molecule has 2 aromatic carbocycles. The van der Waals surface area contributed by atoms with E-state index in [0.29, 0.717) is 0 Å². The van der Waals surface area contributed by atoms with Crippen LogP contribution in [-0.2, 0) is 12.6 Å². The lowest BCUT2D eigenvalue weighted by Gasteiger charge is -2.24. The first kappa shape index (κ1) is 14.1. The number of hydrogen-bond donors (Lipinski definition) is 1. The van der Waals surface area contributed by atoms with Crippen molar-refractivity contribution in [3.63, 3.8) is 0 Å². The average Bonchev–Trinajstić information content (AvgIpc) is 2.46. The molecule has 0 aliphatic heterocycles. The fourth-order valence-electron chi connectivity index (χ4n) is 2.93. The zero-order chi connectivity index (χ0) is 15.0. The lowest BCUT2D eigenvalue weighted by Crippen LogP contribution is -2.10. The van der Waals surface area contributed by atoms with E-state index in [1.807, 2.05) is 18.2 Å². The van der Waals surface area contributed by atoms with Crippen molar-refractivity contribution >= 4 is 0 Å². The van der Waals surface area contributed by atoms with E-state index in [1.54, 1.807) is 0 Å². The molecule has 0 heterocycles. The highest BCUT2D eigenvalue weighted by molar-refractivity contribution is 5.69. The fourth-order valence-corrected chi connectivity index (χ4v) is 2.93. The summed E-state index contributed by atoms with van der Waals surface area (Å²) < 4.78 is 37.8. The van der Waals surface area contributed by atoms with Crippen LogP contribution >= 0.6 is 0 Å². The fraction of sp³-hybridized carbons (Fsp3) is 0.294. The monoisotopic (exact) mass is 292 g/mol. The maximum Gasteiger partial charge on any atom is 0.416 e. The van der Waals surface area contributed by atoms with Gasteiger partial charge in [0.05, 0.1) is 11.7 Å². The minimum absolute atomic E-state index is 0.469. The van der Waals surface area contributed by atoms with E-state index in [-0.39, 0.29) is 0 Å². The molecule has 0 amide bonds. The third kappa shape index (κ3) is 2.68. The molecular weight excluding hydrogens is 277 g/mol. The van der Waals surface area contributed by atoms with E-state index in [4.69, 9.17) is 0 Å². The Balaban J connectivity index is 2.03. The van der Waals surface area contributed by atoms with Gasteiger partial charge in [0, 0.05) is 0 Å². The quantitative estimate of drug-likeness (QED) is 0.804. The van der Waals surface area contributed by atoms with Crippen LogP contribution in [0.15, 0.2) is 42.5 Å². The molecular formula is C17H15F3O. The maximum absolute atomic E-state index is 12.6. The molecule has 2 aromatic rings. The van der Waals surface area contributed by atoms with Crippen LogP contribution in [0.1, 0.15) is 35.6 Å². The summed E-state index contributed by atoms with van der Waals surface area (Å²) in [6.07, 6.45) is -2.30. The molecule has 0 bridgehead atoms. The second kappa shape index (κ2) is 5.19. The van der Waals surface area contributed by atoms with Gasteiger partial charge in [-0.3, -0.25) is 0 Å². The lowest BCUT2D eigenvalue weighted by molar-refractivity contribution is -0.137. The normalized spacial score (nSPS) is 18.4. The molecule has 21 heavy (non-hydrogen) atoms. The van der Waals surface area contributed by atoms with Gasteiger partial charge in [-0.05, 0) is 53.6 Å². The lowest BCUT2D eigenvalue weighted by atomic mass is 9.84. The molecule has 0 saturated heterocycles. The molecule has 110 valence electrons. The molecule has 1 atom stereocenters. The van der Waals surface area contributed by atoms with E-state index in [9.17, 15) is 18.3 Å². The van der Waals surface area contributed by atoms with Gasteiger partial charge in [0.2, 0.25) is 0 Å². The molecule has 1 unspecified atom stereocenters. The Morgan fingerprint density at radius 1 is 1.00 bits per heavy atom. The largest absolute Gasteiger partial charge is 0.416 e. The topological polar surface area (TPSA) is 20.2 Å². The number of hydrogen-bond acceptors (Lipinski definition) is 1. The van der Waals surface area contributed by atoms with Crippen molar-refractivity contribution in [2.24, 2.45) is 0 Å². The summed E-state index contributed by atoms with van der Waals surface area (Å²) in [5, 5.41) is 10.0. The summed E-state index contributed by atoms with van der Waals surface area (Å²) in [5.41, 5.74) is 2.99. The highest BCUT2D eigenvalue weighted by Crippen LogP contribution is 2.37. The number of alkyl halides is 3. The van der Waals surface area contributed by atoms with Crippen molar-refractivity contribution in [2.45, 2.75) is 31.5 Å². The van der Waals surface area contributed by atoms with E-state index < -0.39 is 17.8 Å². The van der Waals surface area contributed by atoms with E-state index in [1.165, 1.54) is 12.1 Å². The molecule has 1 aliphatic rings. The smallest absolute Gasteiger partial charge is 0.388 e. The minimum atomic E-state index is -4.31. The van der Waals surface area contributed by atoms with E-state index in [0.717, 1.165) is 53.6 Å². The van der Waals surface area contributed by atoms with Crippen LogP contribution in [0.5, 0.6) is 0 Å². The Morgan fingerprint density at radius 3 is 2.38 bits per heavy atom. The molecule has 0 aromatic heterocycles. The molecule has 1 N–H and O–H groups in total. The van der Waals surface area contributed by atoms with Gasteiger partial charge in [0.15, 0.2) is 0 Å². The van der Waals surface area contributed by atoms with Gasteiger partial charge >= 0.3 is 6.18 Å². The standard InChI is InChI=1S/C17H15F3O/c18-17(19,20)12-9-7-11(8-10-12)13-3-1-5-15-14(13)4-2-6-16(15)21/h1,3,5,7-10,16,21H,2,4,6H2. The second-order valence-corrected chi connectivity index (χ2v) is 5.36. The Bertz CT molecular complexity index is 644. The predicted octanol–water partition coefficient (Wildman–Crippen LogP) is 4.74. The van der Waals surface area contributed by atoms with Crippen molar-refractivity contribution in [2.75, 3.05) is 0 Å². The molecule has 0 radical (unpaired) electrons. The predicted molar refractivity (Wildman–Crippen MR) is 74.8 cm³/mol. The van der Waals surface area contributed by atoms with Crippen LogP contribution < -0.4 is 0 Å². The summed E-state index contributed by atoms with van der Waals surface area (Å²) in [6, 6.07) is 10.9. The number of benzene rings is 2. The van der Waals surface area contributed by atoms with Crippen molar-refractivity contribution in [1.82, 2.24) is 0 Å². The van der Waals surface area contributed by atoms with Gasteiger partial charge in [0.1, 0.15) is 0 Å². The molecule has 0 fully saturated rings. The van der Waals surface area contributed by atoms with Crippen LogP contribution in [0, 0.1) is 0 Å². The number of aliphatic hydroxyl groups is 1. The molecule has 4 heteroatoms. The molecule has 1 nitrogen and oxygen atoms in total. The summed E-state index contributed by atoms with van der Waals surface area (Å²) in [7, 11) is 0. The van der Waals surface area contributed by atoms with Crippen LogP contribution in [0.4, 0.5) is 13.2 Å². The van der Waals surface area contributed by atoms with Crippen LogP contribution in [0.2, 0.25) is 0 Å². The number of aliphatic hydroxyl groups excluding tert-OH is 1. The van der Waals surface area contributed by atoms with Crippen molar-refractivity contribution in [3.8, 4) is 11.1 Å². The zero-order valence-electron chi connectivity index (χ0n) is 11.3. The Hall–Kier alpha value is -1.81. The van der Waals surface area contributed by atoms with Gasteiger partial charge in [-0.25, -0.2) is 0 Å². The minimum Gasteiger partial charge on any atom is -0.388 e. The number of rotatable bonds is 1. The maximum atomic E-state index is 12.6. The summed E-state index contributed by atoms with van der Waals surface area (Å²) in [6.45, 7) is 0. The third-order valence-corrected chi connectivity index (χ3v) is 4.00. The summed E-state index contributed by atoms with van der Waals surface area (Å²) >= 11 is 0. The average molecular weight is 292 g/mol. The Kier molecular flexibility index (Phi) is 3.49. The van der Waals surface area contributed by atoms with Crippen LogP contribution in [0.3, 0.4) is 0 Å². The third-order valence-electron chi connectivity index (χ3n) is 4.00. The molecule has 1 aliphatic carbocycles. The van der Waals surface area contributed by atoms with Gasteiger partial charge in [-0.2, -0.15) is 13.2 Å². The van der Waals surface area contributed by atoms with Crippen LogP contribution in [0.25, 0.3) is 11.1 Å². The molecule has 0 saturated carbocycles. The van der Waals surface area contributed by atoms with Crippen LogP contribution in [-0.4, -0.2) is 5.11 Å². The molecule has 3 rings (SSSR count). The number of halogens is 3. The summed E-state index contributed by atoms with van der Waals surface area (Å²) in [5.74, 6) is 0. The van der Waals surface area contributed by atoms with Gasteiger partial charge in [-0.15, -0.1) is 0 Å². The zero-order valence-corrected chi connectivity index (χ0v) is 11.3. The summed E-state index contributed by atoms with van der Waals surface area (Å²) in [4.78, 5) is 0. The van der Waals surface area contributed by atoms with E-state index in [2.05, 4.69) is 0 Å². The van der Waals surface area contributed by atoms with Crippen molar-refractivity contribution < 1.29 is 18.3 Å². The highest BCUT2D eigenvalue weighted by atomic mass is 19.4. The van der Waals surface area contributed by atoms with Gasteiger partial charge in [0.25, 0.3) is 0 Å². The Morgan fingerprint density at radius 2 is 1.71 bits per heavy atom. The SMILES string of the molecule is OC1CCCc2c(-c3ccc(C(F)(F)F)cc3)cccc21. The van der Waals surface area contributed by atoms with Gasteiger partial charge in [-0.1, -0.05) is 30.3 Å². The number of fused-ring (bicyclic) bond motifs is 1. The van der Waals surface area contributed by atoms with Gasteiger partial charge < -0.3 is 5.11 Å². The van der Waals surface area contributed by atoms with Crippen molar-refractivity contribution in [1.29, 1.82) is 0 Å².